The average Bonchev–Trinajstić information content (AvgIpc) is 2.51. The Hall–Kier alpha value is -1.85. The number of amides is 2. The predicted octanol–water partition coefficient (Wildman–Crippen LogP) is 4.09. The molecule has 4 nitrogen and oxygen atoms in total. The Balaban J connectivity index is 2.01. The van der Waals surface area contributed by atoms with Gasteiger partial charge in [0.15, 0.2) is 0 Å². The lowest BCUT2D eigenvalue weighted by Gasteiger charge is -2.21. The fraction of sp³-hybridized carbons (Fsp3) is 0.176. The van der Waals surface area contributed by atoms with Crippen LogP contribution in [-0.2, 0) is 16.1 Å². The van der Waals surface area contributed by atoms with Crippen LogP contribution in [0.4, 0.5) is 5.69 Å². The van der Waals surface area contributed by atoms with Crippen LogP contribution in [-0.4, -0.2) is 23.3 Å². The van der Waals surface area contributed by atoms with Crippen molar-refractivity contribution in [1.29, 1.82) is 0 Å². The van der Waals surface area contributed by atoms with E-state index in [9.17, 15) is 9.59 Å². The largest absolute Gasteiger partial charge is 0.329 e. The Kier molecular flexibility index (Phi) is 6.19. The van der Waals surface area contributed by atoms with Crippen LogP contribution < -0.4 is 5.32 Å². The second-order valence-electron chi connectivity index (χ2n) is 5.03. The Morgan fingerprint density at radius 1 is 1.13 bits per heavy atom. The van der Waals surface area contributed by atoms with Gasteiger partial charge in [0.25, 0.3) is 0 Å². The molecule has 2 aromatic rings. The number of hydrogen-bond donors (Lipinski definition) is 1. The number of halogens is 2. The lowest BCUT2D eigenvalue weighted by Crippen LogP contribution is -2.36. The lowest BCUT2D eigenvalue weighted by atomic mass is 10.2. The van der Waals surface area contributed by atoms with Gasteiger partial charge in [-0.1, -0.05) is 35.9 Å². The molecule has 0 aliphatic rings. The minimum atomic E-state index is -0.249. The summed E-state index contributed by atoms with van der Waals surface area (Å²) in [5.41, 5.74) is 1.59. The van der Waals surface area contributed by atoms with Crippen molar-refractivity contribution in [3.8, 4) is 0 Å². The van der Waals surface area contributed by atoms with Gasteiger partial charge in [0.05, 0.1) is 5.69 Å². The van der Waals surface area contributed by atoms with E-state index in [-0.39, 0.29) is 18.4 Å². The number of nitrogens with one attached hydrogen (secondary N) is 1. The first kappa shape index (κ1) is 17.5. The minimum Gasteiger partial charge on any atom is -0.329 e. The summed E-state index contributed by atoms with van der Waals surface area (Å²) in [6, 6.07) is 14.5. The predicted molar refractivity (Wildman–Crippen MR) is 95.3 cm³/mol. The summed E-state index contributed by atoms with van der Waals surface area (Å²) < 4.78 is 0.792. The fourth-order valence-corrected chi connectivity index (χ4v) is 2.52. The molecule has 0 fully saturated rings. The van der Waals surface area contributed by atoms with E-state index in [1.54, 1.807) is 18.2 Å². The van der Waals surface area contributed by atoms with Crippen molar-refractivity contribution in [3.05, 3.63) is 63.6 Å². The maximum atomic E-state index is 12.2. The van der Waals surface area contributed by atoms with Crippen LogP contribution >= 0.6 is 27.5 Å². The molecule has 6 heteroatoms. The van der Waals surface area contributed by atoms with E-state index in [1.807, 2.05) is 30.3 Å². The molecule has 0 aromatic heterocycles. The van der Waals surface area contributed by atoms with Crippen LogP contribution in [0, 0.1) is 0 Å². The third-order valence-electron chi connectivity index (χ3n) is 3.21. The smallest absolute Gasteiger partial charge is 0.244 e. The number of para-hydroxylation sites is 1. The summed E-state index contributed by atoms with van der Waals surface area (Å²) in [6.45, 7) is 1.79. The molecule has 0 saturated heterocycles. The van der Waals surface area contributed by atoms with Gasteiger partial charge in [-0.25, -0.2) is 0 Å². The molecule has 0 radical (unpaired) electrons. The third-order valence-corrected chi connectivity index (χ3v) is 4.16. The Labute approximate surface area is 148 Å². The minimum absolute atomic E-state index is 0.0146. The van der Waals surface area contributed by atoms with Crippen LogP contribution in [0.1, 0.15) is 12.5 Å². The summed E-state index contributed by atoms with van der Waals surface area (Å²) in [4.78, 5) is 25.4. The zero-order chi connectivity index (χ0) is 16.8. The van der Waals surface area contributed by atoms with Gasteiger partial charge in [0, 0.05) is 23.0 Å². The maximum Gasteiger partial charge on any atom is 0.244 e. The number of nitrogens with zero attached hydrogens (tertiary/aromatic N) is 1. The summed E-state index contributed by atoms with van der Waals surface area (Å²) in [5, 5.41) is 3.42. The average molecular weight is 396 g/mol. The van der Waals surface area contributed by atoms with Gasteiger partial charge in [-0.05, 0) is 45.8 Å². The van der Waals surface area contributed by atoms with Gasteiger partial charge < -0.3 is 10.2 Å². The zero-order valence-electron chi connectivity index (χ0n) is 12.6. The highest BCUT2D eigenvalue weighted by molar-refractivity contribution is 9.10. The van der Waals surface area contributed by atoms with Gasteiger partial charge in [0.1, 0.15) is 6.54 Å². The van der Waals surface area contributed by atoms with E-state index in [0.29, 0.717) is 17.3 Å². The Bertz CT molecular complexity index is 704. The number of carbonyl (C=O) groups is 2. The molecule has 0 aliphatic heterocycles. The number of anilines is 1. The van der Waals surface area contributed by atoms with Crippen molar-refractivity contribution >= 4 is 45.0 Å². The first-order valence-electron chi connectivity index (χ1n) is 7.00. The summed E-state index contributed by atoms with van der Waals surface area (Å²) >= 11 is 9.22. The van der Waals surface area contributed by atoms with E-state index in [2.05, 4.69) is 21.2 Å². The molecular formula is C17H16BrClN2O2. The molecule has 2 amide bonds. The molecule has 0 spiro atoms. The molecule has 2 aromatic carbocycles. The van der Waals surface area contributed by atoms with Crippen LogP contribution in [0.5, 0.6) is 0 Å². The third kappa shape index (κ3) is 5.37. The second-order valence-corrected chi connectivity index (χ2v) is 6.32. The molecule has 0 atom stereocenters. The van der Waals surface area contributed by atoms with Crippen molar-refractivity contribution in [2.45, 2.75) is 13.5 Å². The van der Waals surface area contributed by atoms with Gasteiger partial charge in [-0.2, -0.15) is 0 Å². The van der Waals surface area contributed by atoms with Gasteiger partial charge >= 0.3 is 0 Å². The molecule has 0 saturated carbocycles. The highest BCUT2D eigenvalue weighted by Crippen LogP contribution is 2.21. The van der Waals surface area contributed by atoms with Crippen molar-refractivity contribution < 1.29 is 9.59 Å². The second kappa shape index (κ2) is 8.13. The quantitative estimate of drug-likeness (QED) is 0.829. The van der Waals surface area contributed by atoms with E-state index >= 15 is 0 Å². The highest BCUT2D eigenvalue weighted by Gasteiger charge is 2.15. The topological polar surface area (TPSA) is 49.4 Å². The normalized spacial score (nSPS) is 10.2. The molecule has 0 bridgehead atoms. The van der Waals surface area contributed by atoms with Gasteiger partial charge in [-0.3, -0.25) is 9.59 Å². The standard InChI is InChI=1S/C17H16BrClN2O2/c1-12(22)21(10-13-6-8-14(19)9-7-13)11-17(23)20-16-5-3-2-4-15(16)18/h2-9H,10-11H2,1H3,(H,20,23). The first-order chi connectivity index (χ1) is 11.0. The van der Waals surface area contributed by atoms with Crippen LogP contribution in [0.3, 0.4) is 0 Å². The first-order valence-corrected chi connectivity index (χ1v) is 8.17. The SMILES string of the molecule is CC(=O)N(CC(=O)Nc1ccccc1Br)Cc1ccc(Cl)cc1. The molecule has 0 heterocycles. The van der Waals surface area contributed by atoms with Crippen LogP contribution in [0.15, 0.2) is 53.0 Å². The molecule has 2 rings (SSSR count). The molecule has 0 unspecified atom stereocenters. The molecule has 23 heavy (non-hydrogen) atoms. The molecular weight excluding hydrogens is 380 g/mol. The number of rotatable bonds is 5. The maximum absolute atomic E-state index is 12.2. The van der Waals surface area contributed by atoms with Crippen molar-refractivity contribution in [2.24, 2.45) is 0 Å². The lowest BCUT2D eigenvalue weighted by molar-refractivity contribution is -0.133. The van der Waals surface area contributed by atoms with Crippen molar-refractivity contribution in [1.82, 2.24) is 4.90 Å². The van der Waals surface area contributed by atoms with Crippen molar-refractivity contribution in [2.75, 3.05) is 11.9 Å². The zero-order valence-corrected chi connectivity index (χ0v) is 14.9. The van der Waals surface area contributed by atoms with Gasteiger partial charge in [-0.15, -0.1) is 0 Å². The summed E-state index contributed by atoms with van der Waals surface area (Å²) in [6.07, 6.45) is 0. The van der Waals surface area contributed by atoms with Crippen molar-refractivity contribution in [3.63, 3.8) is 0 Å². The van der Waals surface area contributed by atoms with Crippen LogP contribution in [0.25, 0.3) is 0 Å². The highest BCUT2D eigenvalue weighted by atomic mass is 79.9. The molecule has 120 valence electrons. The number of carbonyl (C=O) groups excluding carboxylic acids is 2. The van der Waals surface area contributed by atoms with Gasteiger partial charge in [0.2, 0.25) is 11.8 Å². The molecule has 0 aliphatic carbocycles. The summed E-state index contributed by atoms with van der Waals surface area (Å²) in [5.74, 6) is -0.414. The monoisotopic (exact) mass is 394 g/mol. The van der Waals surface area contributed by atoms with Crippen LogP contribution in [0.2, 0.25) is 5.02 Å². The van der Waals surface area contributed by atoms with E-state index in [1.165, 1.54) is 11.8 Å². The number of hydrogen-bond acceptors (Lipinski definition) is 2. The Morgan fingerprint density at radius 2 is 1.78 bits per heavy atom. The molecule has 1 N–H and O–H groups in total. The fourth-order valence-electron chi connectivity index (χ4n) is 2.01. The van der Waals surface area contributed by atoms with E-state index < -0.39 is 0 Å². The van der Waals surface area contributed by atoms with E-state index in [0.717, 1.165) is 10.0 Å². The Morgan fingerprint density at radius 3 is 2.39 bits per heavy atom. The number of benzene rings is 2. The summed E-state index contributed by atoms with van der Waals surface area (Å²) in [7, 11) is 0. The van der Waals surface area contributed by atoms with E-state index in [4.69, 9.17) is 11.6 Å².